The van der Waals surface area contributed by atoms with Crippen LogP contribution < -0.4 is 14.4 Å². The molecule has 152 valence electrons. The first-order valence-corrected chi connectivity index (χ1v) is 10.4. The summed E-state index contributed by atoms with van der Waals surface area (Å²) < 4.78 is 10.9. The number of ether oxygens (including phenoxy) is 2. The van der Waals surface area contributed by atoms with Crippen LogP contribution in [0.25, 0.3) is 10.6 Å². The third-order valence-corrected chi connectivity index (χ3v) is 5.18. The van der Waals surface area contributed by atoms with E-state index >= 15 is 0 Å². The van der Waals surface area contributed by atoms with Crippen molar-refractivity contribution in [3.05, 3.63) is 54.1 Å². The third kappa shape index (κ3) is 4.92. The van der Waals surface area contributed by atoms with Crippen molar-refractivity contribution >= 4 is 22.4 Å². The van der Waals surface area contributed by atoms with E-state index in [-0.39, 0.29) is 11.8 Å². The van der Waals surface area contributed by atoms with Gasteiger partial charge in [-0.3, -0.25) is 9.69 Å². The van der Waals surface area contributed by atoms with Gasteiger partial charge in [-0.25, -0.2) is 0 Å². The Bertz CT molecular complexity index is 954. The van der Waals surface area contributed by atoms with Gasteiger partial charge in [0.25, 0.3) is 5.91 Å². The Balaban J connectivity index is 1.91. The maximum atomic E-state index is 13.3. The van der Waals surface area contributed by atoms with Crippen LogP contribution in [-0.4, -0.2) is 36.4 Å². The van der Waals surface area contributed by atoms with E-state index in [1.807, 2.05) is 43.3 Å². The fourth-order valence-corrected chi connectivity index (χ4v) is 3.74. The topological polar surface area (TPSA) is 64.6 Å². The van der Waals surface area contributed by atoms with Crippen LogP contribution in [0.2, 0.25) is 0 Å². The van der Waals surface area contributed by atoms with Gasteiger partial charge in [-0.05, 0) is 49.2 Å². The van der Waals surface area contributed by atoms with Gasteiger partial charge in [-0.2, -0.15) is 0 Å². The molecule has 0 aliphatic rings. The molecule has 7 heteroatoms. The number of carbonyl (C=O) groups excluding carboxylic acids is 1. The Morgan fingerprint density at radius 3 is 2.48 bits per heavy atom. The van der Waals surface area contributed by atoms with Gasteiger partial charge in [0, 0.05) is 12.1 Å². The van der Waals surface area contributed by atoms with Crippen LogP contribution in [0.15, 0.2) is 48.5 Å². The van der Waals surface area contributed by atoms with Crippen LogP contribution in [0.3, 0.4) is 0 Å². The molecule has 0 aliphatic heterocycles. The summed E-state index contributed by atoms with van der Waals surface area (Å²) in [5.74, 6) is 1.48. The summed E-state index contributed by atoms with van der Waals surface area (Å²) in [6.07, 6.45) is 0. The van der Waals surface area contributed by atoms with Gasteiger partial charge in [0.1, 0.15) is 16.5 Å². The molecule has 0 N–H and O–H groups in total. The predicted octanol–water partition coefficient (Wildman–Crippen LogP) is 4.92. The molecule has 29 heavy (non-hydrogen) atoms. The normalized spacial score (nSPS) is 10.8. The first-order valence-electron chi connectivity index (χ1n) is 9.55. The number of para-hydroxylation sites is 1. The molecular formula is C22H25N3O3S. The number of hydrogen-bond donors (Lipinski definition) is 0. The molecule has 0 saturated carbocycles. The molecule has 0 bridgehead atoms. The van der Waals surface area contributed by atoms with Crippen molar-refractivity contribution in [1.82, 2.24) is 10.2 Å². The number of amides is 1. The minimum atomic E-state index is -0.148. The van der Waals surface area contributed by atoms with E-state index in [2.05, 4.69) is 24.0 Å². The quantitative estimate of drug-likeness (QED) is 0.527. The molecule has 3 rings (SSSR count). The van der Waals surface area contributed by atoms with Crippen molar-refractivity contribution in [2.75, 3.05) is 25.2 Å². The molecule has 3 aromatic rings. The molecule has 0 atom stereocenters. The van der Waals surface area contributed by atoms with E-state index in [1.54, 1.807) is 24.1 Å². The van der Waals surface area contributed by atoms with Crippen molar-refractivity contribution in [2.24, 2.45) is 5.92 Å². The predicted molar refractivity (Wildman–Crippen MR) is 116 cm³/mol. The zero-order chi connectivity index (χ0) is 20.8. The van der Waals surface area contributed by atoms with Gasteiger partial charge in [0.2, 0.25) is 5.13 Å². The summed E-state index contributed by atoms with van der Waals surface area (Å²) in [4.78, 5) is 15.0. The lowest BCUT2D eigenvalue weighted by atomic mass is 10.1. The van der Waals surface area contributed by atoms with Crippen LogP contribution >= 0.6 is 11.3 Å². The van der Waals surface area contributed by atoms with Crippen molar-refractivity contribution in [3.63, 3.8) is 0 Å². The number of benzene rings is 2. The molecule has 0 unspecified atom stereocenters. The molecule has 0 radical (unpaired) electrons. The second-order valence-electron chi connectivity index (χ2n) is 6.86. The molecule has 0 saturated heterocycles. The number of anilines is 1. The highest BCUT2D eigenvalue weighted by molar-refractivity contribution is 7.18. The van der Waals surface area contributed by atoms with Crippen molar-refractivity contribution in [1.29, 1.82) is 0 Å². The summed E-state index contributed by atoms with van der Waals surface area (Å²) in [7, 11) is 1.56. The largest absolute Gasteiger partial charge is 0.496 e. The van der Waals surface area contributed by atoms with Crippen LogP contribution in [-0.2, 0) is 0 Å². The first kappa shape index (κ1) is 20.8. The number of rotatable bonds is 8. The average molecular weight is 412 g/mol. The lowest BCUT2D eigenvalue weighted by molar-refractivity contribution is 0.0980. The van der Waals surface area contributed by atoms with E-state index in [0.29, 0.717) is 29.6 Å². The van der Waals surface area contributed by atoms with Crippen LogP contribution in [0.1, 0.15) is 31.1 Å². The Hall–Kier alpha value is -2.93. The summed E-state index contributed by atoms with van der Waals surface area (Å²) >= 11 is 1.39. The standard InChI is InChI=1S/C22H25N3O3S/c1-5-28-17-12-10-16(11-13-17)20-23-24-22(29-20)25(14-15(2)3)21(26)18-8-6-7-9-19(18)27-4/h6-13,15H,5,14H2,1-4H3. The number of methoxy groups -OCH3 is 1. The molecule has 1 amide bonds. The summed E-state index contributed by atoms with van der Waals surface area (Å²) in [6, 6.07) is 14.9. The van der Waals surface area contributed by atoms with Crippen LogP contribution in [0.5, 0.6) is 11.5 Å². The number of aromatic nitrogens is 2. The highest BCUT2D eigenvalue weighted by Crippen LogP contribution is 2.32. The minimum Gasteiger partial charge on any atom is -0.496 e. The minimum absolute atomic E-state index is 0.148. The van der Waals surface area contributed by atoms with Gasteiger partial charge >= 0.3 is 0 Å². The third-order valence-electron chi connectivity index (χ3n) is 4.19. The zero-order valence-electron chi connectivity index (χ0n) is 17.1. The Labute approximate surface area is 175 Å². The SMILES string of the molecule is CCOc1ccc(-c2nnc(N(CC(C)C)C(=O)c3ccccc3OC)s2)cc1. The maximum Gasteiger partial charge on any atom is 0.263 e. The number of carbonyl (C=O) groups is 1. The van der Waals surface area contributed by atoms with Gasteiger partial charge in [0.05, 0.1) is 19.3 Å². The fraction of sp³-hybridized carbons (Fsp3) is 0.318. The van der Waals surface area contributed by atoms with Crippen molar-refractivity contribution in [3.8, 4) is 22.1 Å². The molecular weight excluding hydrogens is 386 g/mol. The molecule has 1 aromatic heterocycles. The summed E-state index contributed by atoms with van der Waals surface area (Å²) in [5, 5.41) is 9.94. The van der Waals surface area contributed by atoms with Crippen molar-refractivity contribution < 1.29 is 14.3 Å². The Morgan fingerprint density at radius 2 is 1.83 bits per heavy atom. The molecule has 2 aromatic carbocycles. The highest BCUT2D eigenvalue weighted by Gasteiger charge is 2.25. The van der Waals surface area contributed by atoms with E-state index in [4.69, 9.17) is 9.47 Å². The second kappa shape index (κ2) is 9.52. The summed E-state index contributed by atoms with van der Waals surface area (Å²) in [5.41, 5.74) is 1.44. The maximum absolute atomic E-state index is 13.3. The monoisotopic (exact) mass is 411 g/mol. The Kier molecular flexibility index (Phi) is 6.82. The average Bonchev–Trinajstić information content (AvgIpc) is 3.22. The van der Waals surface area contributed by atoms with Gasteiger partial charge in [-0.15, -0.1) is 10.2 Å². The zero-order valence-corrected chi connectivity index (χ0v) is 17.9. The number of hydrogen-bond acceptors (Lipinski definition) is 6. The van der Waals surface area contributed by atoms with Crippen molar-refractivity contribution in [2.45, 2.75) is 20.8 Å². The molecule has 6 nitrogen and oxygen atoms in total. The smallest absolute Gasteiger partial charge is 0.263 e. The Morgan fingerprint density at radius 1 is 1.10 bits per heavy atom. The highest BCUT2D eigenvalue weighted by atomic mass is 32.1. The van der Waals surface area contributed by atoms with E-state index < -0.39 is 0 Å². The first-order chi connectivity index (χ1) is 14.0. The van der Waals surface area contributed by atoms with Gasteiger partial charge in [-0.1, -0.05) is 37.3 Å². The molecule has 0 aliphatic carbocycles. The van der Waals surface area contributed by atoms with E-state index in [9.17, 15) is 4.79 Å². The molecule has 1 heterocycles. The van der Waals surface area contributed by atoms with Gasteiger partial charge < -0.3 is 9.47 Å². The van der Waals surface area contributed by atoms with Crippen LogP contribution in [0, 0.1) is 5.92 Å². The van der Waals surface area contributed by atoms with E-state index in [1.165, 1.54) is 11.3 Å². The second-order valence-corrected chi connectivity index (χ2v) is 7.81. The van der Waals surface area contributed by atoms with Crippen LogP contribution in [0.4, 0.5) is 5.13 Å². The lowest BCUT2D eigenvalue weighted by Gasteiger charge is -2.22. The lowest BCUT2D eigenvalue weighted by Crippen LogP contribution is -2.34. The molecule has 0 fully saturated rings. The number of nitrogens with zero attached hydrogens (tertiary/aromatic N) is 3. The molecule has 0 spiro atoms. The van der Waals surface area contributed by atoms with Gasteiger partial charge in [0.15, 0.2) is 0 Å². The summed E-state index contributed by atoms with van der Waals surface area (Å²) in [6.45, 7) is 7.24. The fourth-order valence-electron chi connectivity index (χ4n) is 2.88. The van der Waals surface area contributed by atoms with E-state index in [0.717, 1.165) is 16.3 Å².